The number of rotatable bonds is 7. The number of carboxylic acid groups (broad SMARTS) is 1. The van der Waals surface area contributed by atoms with Crippen LogP contribution in [0.4, 0.5) is 0 Å². The van der Waals surface area contributed by atoms with Crippen LogP contribution in [-0.4, -0.2) is 61.6 Å². The highest BCUT2D eigenvalue weighted by Crippen LogP contribution is 2.07. The normalized spacial score (nSPS) is 10.0. The van der Waals surface area contributed by atoms with Gasteiger partial charge in [-0.15, -0.1) is 0 Å². The van der Waals surface area contributed by atoms with E-state index in [9.17, 15) is 14.4 Å². The second-order valence-corrected chi connectivity index (χ2v) is 4.39. The van der Waals surface area contributed by atoms with Crippen LogP contribution >= 0.6 is 0 Å². The van der Waals surface area contributed by atoms with Gasteiger partial charge in [0.1, 0.15) is 0 Å². The summed E-state index contributed by atoms with van der Waals surface area (Å²) in [7, 11) is 3.03. The Morgan fingerprint density at radius 2 is 1.76 bits per heavy atom. The van der Waals surface area contributed by atoms with Crippen molar-refractivity contribution in [2.45, 2.75) is 0 Å². The minimum Gasteiger partial charge on any atom is -0.478 e. The van der Waals surface area contributed by atoms with Crippen molar-refractivity contribution in [2.24, 2.45) is 0 Å². The van der Waals surface area contributed by atoms with Crippen LogP contribution in [0.3, 0.4) is 0 Å². The van der Waals surface area contributed by atoms with Crippen molar-refractivity contribution < 1.29 is 24.2 Å². The summed E-state index contributed by atoms with van der Waals surface area (Å²) in [6, 6.07) is 5.54. The van der Waals surface area contributed by atoms with E-state index in [0.717, 1.165) is 0 Å². The Morgan fingerprint density at radius 3 is 2.29 bits per heavy atom. The molecule has 7 nitrogen and oxygen atoms in total. The molecule has 0 aromatic heterocycles. The predicted octanol–water partition coefficient (Wildman–Crippen LogP) is 0.219. The fourth-order valence-electron chi connectivity index (χ4n) is 1.61. The van der Waals surface area contributed by atoms with Gasteiger partial charge in [-0.05, 0) is 24.3 Å². The molecule has 0 atom stereocenters. The van der Waals surface area contributed by atoms with Crippen molar-refractivity contribution in [3.8, 4) is 0 Å². The Kier molecular flexibility index (Phi) is 6.35. The zero-order chi connectivity index (χ0) is 15.8. The van der Waals surface area contributed by atoms with Crippen LogP contribution in [0, 0.1) is 0 Å². The first-order chi connectivity index (χ1) is 9.95. The topological polar surface area (TPSA) is 95.9 Å². The highest BCUT2D eigenvalue weighted by molar-refractivity contribution is 5.97. The molecule has 0 heterocycles. The number of aromatic carboxylic acids is 1. The van der Waals surface area contributed by atoms with Gasteiger partial charge < -0.3 is 20.1 Å². The minimum atomic E-state index is -1.06. The number of hydrogen-bond donors (Lipinski definition) is 2. The lowest BCUT2D eigenvalue weighted by Crippen LogP contribution is -2.39. The van der Waals surface area contributed by atoms with Crippen LogP contribution in [-0.2, 0) is 9.53 Å². The van der Waals surface area contributed by atoms with Crippen LogP contribution in [0.25, 0.3) is 0 Å². The van der Waals surface area contributed by atoms with E-state index in [1.54, 1.807) is 0 Å². The number of methoxy groups -OCH3 is 1. The van der Waals surface area contributed by atoms with Crippen LogP contribution in [0.1, 0.15) is 20.7 Å². The zero-order valence-electron chi connectivity index (χ0n) is 12.0. The van der Waals surface area contributed by atoms with E-state index < -0.39 is 5.97 Å². The second-order valence-electron chi connectivity index (χ2n) is 4.39. The molecule has 2 amide bonds. The molecule has 0 bridgehead atoms. The van der Waals surface area contributed by atoms with Gasteiger partial charge in [-0.1, -0.05) is 0 Å². The maximum Gasteiger partial charge on any atom is 0.335 e. The SMILES string of the molecule is COCCNC(=O)CN(C)C(=O)c1ccc(C(=O)O)cc1. The quantitative estimate of drug-likeness (QED) is 0.701. The number of ether oxygens (including phenoxy) is 1. The number of amides is 2. The van der Waals surface area contributed by atoms with Gasteiger partial charge in [0.2, 0.25) is 5.91 Å². The van der Waals surface area contributed by atoms with Crippen molar-refractivity contribution in [3.05, 3.63) is 35.4 Å². The molecule has 7 heteroatoms. The van der Waals surface area contributed by atoms with Crippen LogP contribution in [0.2, 0.25) is 0 Å². The van der Waals surface area contributed by atoms with E-state index in [4.69, 9.17) is 9.84 Å². The van der Waals surface area contributed by atoms with Crippen molar-refractivity contribution in [3.63, 3.8) is 0 Å². The molecule has 0 spiro atoms. The van der Waals surface area contributed by atoms with Gasteiger partial charge >= 0.3 is 5.97 Å². The number of likely N-dealkylation sites (N-methyl/N-ethyl adjacent to an activating group) is 1. The molecule has 0 aliphatic carbocycles. The standard InChI is InChI=1S/C14H18N2O5/c1-16(9-12(17)15-7-8-21-2)13(18)10-3-5-11(6-4-10)14(19)20/h3-6H,7-9H2,1-2H3,(H,15,17)(H,19,20). The maximum absolute atomic E-state index is 12.1. The highest BCUT2D eigenvalue weighted by atomic mass is 16.5. The smallest absolute Gasteiger partial charge is 0.335 e. The molecule has 114 valence electrons. The van der Waals surface area contributed by atoms with Gasteiger partial charge in [-0.3, -0.25) is 9.59 Å². The third-order valence-electron chi connectivity index (χ3n) is 2.73. The van der Waals surface area contributed by atoms with Gasteiger partial charge in [0.15, 0.2) is 0 Å². The number of carbonyl (C=O) groups is 3. The zero-order valence-corrected chi connectivity index (χ0v) is 12.0. The van der Waals surface area contributed by atoms with Crippen molar-refractivity contribution in [1.82, 2.24) is 10.2 Å². The molecule has 1 aromatic carbocycles. The summed E-state index contributed by atoms with van der Waals surface area (Å²) >= 11 is 0. The first-order valence-electron chi connectivity index (χ1n) is 6.30. The Bertz CT molecular complexity index is 513. The fraction of sp³-hybridized carbons (Fsp3) is 0.357. The molecule has 0 fully saturated rings. The summed E-state index contributed by atoms with van der Waals surface area (Å²) in [6.07, 6.45) is 0. The first-order valence-corrected chi connectivity index (χ1v) is 6.30. The summed E-state index contributed by atoms with van der Waals surface area (Å²) in [5.74, 6) is -1.70. The van der Waals surface area contributed by atoms with Crippen LogP contribution < -0.4 is 5.32 Å². The third-order valence-corrected chi connectivity index (χ3v) is 2.73. The molecule has 0 saturated heterocycles. The van der Waals surface area contributed by atoms with Crippen LogP contribution in [0.5, 0.6) is 0 Å². The number of nitrogens with one attached hydrogen (secondary N) is 1. The molecule has 0 aliphatic rings. The summed E-state index contributed by atoms with van der Waals surface area (Å²) in [6.45, 7) is 0.702. The molecule has 0 radical (unpaired) electrons. The summed E-state index contributed by atoms with van der Waals surface area (Å²) in [5, 5.41) is 11.4. The first kappa shape index (κ1) is 16.6. The summed E-state index contributed by atoms with van der Waals surface area (Å²) < 4.78 is 4.80. The molecular weight excluding hydrogens is 276 g/mol. The summed E-state index contributed by atoms with van der Waals surface area (Å²) in [4.78, 5) is 35.6. The predicted molar refractivity (Wildman–Crippen MR) is 75.2 cm³/mol. The molecule has 1 aromatic rings. The third kappa shape index (κ3) is 5.23. The van der Waals surface area contributed by atoms with Gasteiger partial charge in [-0.25, -0.2) is 4.79 Å². The molecule has 1 rings (SSSR count). The lowest BCUT2D eigenvalue weighted by molar-refractivity contribution is -0.121. The van der Waals surface area contributed by atoms with Gasteiger partial charge in [0.05, 0.1) is 18.7 Å². The molecule has 21 heavy (non-hydrogen) atoms. The number of nitrogens with zero attached hydrogens (tertiary/aromatic N) is 1. The lowest BCUT2D eigenvalue weighted by atomic mass is 10.1. The average Bonchev–Trinajstić information content (AvgIpc) is 2.46. The Balaban J connectivity index is 2.57. The van der Waals surface area contributed by atoms with E-state index in [1.807, 2.05) is 0 Å². The van der Waals surface area contributed by atoms with E-state index in [2.05, 4.69) is 5.32 Å². The Morgan fingerprint density at radius 1 is 1.19 bits per heavy atom. The number of carbonyl (C=O) groups excluding carboxylic acids is 2. The van der Waals surface area contributed by atoms with Crippen LogP contribution in [0.15, 0.2) is 24.3 Å². The number of carboxylic acids is 1. The van der Waals surface area contributed by atoms with Gasteiger partial charge in [0, 0.05) is 26.3 Å². The van der Waals surface area contributed by atoms with Crippen molar-refractivity contribution >= 4 is 17.8 Å². The molecule has 0 aliphatic heterocycles. The molecule has 0 saturated carbocycles. The Labute approximate surface area is 122 Å². The summed E-state index contributed by atoms with van der Waals surface area (Å²) in [5.41, 5.74) is 0.429. The molecule has 2 N–H and O–H groups in total. The average molecular weight is 294 g/mol. The van der Waals surface area contributed by atoms with Crippen molar-refractivity contribution in [1.29, 1.82) is 0 Å². The van der Waals surface area contributed by atoms with Gasteiger partial charge in [0.25, 0.3) is 5.91 Å². The lowest BCUT2D eigenvalue weighted by Gasteiger charge is -2.16. The number of hydrogen-bond acceptors (Lipinski definition) is 4. The maximum atomic E-state index is 12.1. The van der Waals surface area contributed by atoms with E-state index in [-0.39, 0.29) is 23.9 Å². The number of benzene rings is 1. The van der Waals surface area contributed by atoms with E-state index >= 15 is 0 Å². The monoisotopic (exact) mass is 294 g/mol. The molecule has 0 unspecified atom stereocenters. The molecular formula is C14H18N2O5. The van der Waals surface area contributed by atoms with E-state index in [0.29, 0.717) is 18.7 Å². The van der Waals surface area contributed by atoms with Gasteiger partial charge in [-0.2, -0.15) is 0 Å². The highest BCUT2D eigenvalue weighted by Gasteiger charge is 2.15. The fourth-order valence-corrected chi connectivity index (χ4v) is 1.61. The van der Waals surface area contributed by atoms with E-state index in [1.165, 1.54) is 43.3 Å². The largest absolute Gasteiger partial charge is 0.478 e. The second kappa shape index (κ2) is 8.01. The Hall–Kier alpha value is -2.41. The minimum absolute atomic E-state index is 0.0801. The van der Waals surface area contributed by atoms with Crippen molar-refractivity contribution in [2.75, 3.05) is 33.9 Å².